The second-order valence-electron chi connectivity index (χ2n) is 3.77. The van der Waals surface area contributed by atoms with Gasteiger partial charge in [-0.15, -0.1) is 0 Å². The first-order chi connectivity index (χ1) is 9.49. The van der Waals surface area contributed by atoms with E-state index in [2.05, 4.69) is 9.97 Å². The molecule has 8 heteroatoms. The van der Waals surface area contributed by atoms with Gasteiger partial charge >= 0.3 is 0 Å². The van der Waals surface area contributed by atoms with Gasteiger partial charge in [0.2, 0.25) is 5.88 Å². The minimum absolute atomic E-state index is 0.114. The Bertz CT molecular complexity index is 664. The molecule has 0 amide bonds. The normalized spacial score (nSPS) is 10.3. The average molecular weight is 314 g/mol. The van der Waals surface area contributed by atoms with Crippen molar-refractivity contribution in [1.82, 2.24) is 9.97 Å². The first-order valence-corrected chi connectivity index (χ1v) is 6.40. The number of benzene rings is 1. The van der Waals surface area contributed by atoms with E-state index in [1.165, 1.54) is 24.3 Å². The van der Waals surface area contributed by atoms with E-state index >= 15 is 0 Å². The Morgan fingerprint density at radius 3 is 2.65 bits per heavy atom. The zero-order valence-electron chi connectivity index (χ0n) is 10.3. The van der Waals surface area contributed by atoms with E-state index < -0.39 is 4.92 Å². The fraction of sp³-hybridized carbons (Fsp3) is 0.167. The number of nitro groups is 1. The zero-order valence-corrected chi connectivity index (χ0v) is 11.9. The monoisotopic (exact) mass is 313 g/mol. The van der Waals surface area contributed by atoms with Gasteiger partial charge in [-0.05, 0) is 6.07 Å². The molecule has 0 fully saturated rings. The molecule has 20 heavy (non-hydrogen) atoms. The molecule has 0 atom stereocenters. The van der Waals surface area contributed by atoms with Crippen LogP contribution >= 0.6 is 23.2 Å². The number of halogens is 2. The summed E-state index contributed by atoms with van der Waals surface area (Å²) in [5.41, 5.74) is -0.114. The summed E-state index contributed by atoms with van der Waals surface area (Å²) in [6, 6.07) is 5.35. The first-order valence-electron chi connectivity index (χ1n) is 5.65. The summed E-state index contributed by atoms with van der Waals surface area (Å²) in [7, 11) is 0. The van der Waals surface area contributed by atoms with Gasteiger partial charge in [0, 0.05) is 24.6 Å². The minimum atomic E-state index is -0.535. The van der Waals surface area contributed by atoms with Gasteiger partial charge < -0.3 is 4.74 Å². The lowest BCUT2D eigenvalue weighted by Gasteiger charge is -2.07. The summed E-state index contributed by atoms with van der Waals surface area (Å²) < 4.78 is 5.48. The summed E-state index contributed by atoms with van der Waals surface area (Å²) in [6.45, 7) is 1.88. The Morgan fingerprint density at radius 2 is 2.05 bits per heavy atom. The molecule has 0 saturated heterocycles. The quantitative estimate of drug-likeness (QED) is 0.483. The summed E-state index contributed by atoms with van der Waals surface area (Å²) in [5, 5.41) is 11.0. The van der Waals surface area contributed by atoms with Gasteiger partial charge in [0.15, 0.2) is 0 Å². The topological polar surface area (TPSA) is 78.2 Å². The molecule has 0 aliphatic rings. The fourth-order valence-electron chi connectivity index (χ4n) is 1.45. The number of rotatable bonds is 4. The van der Waals surface area contributed by atoms with Crippen molar-refractivity contribution < 1.29 is 9.66 Å². The summed E-state index contributed by atoms with van der Waals surface area (Å²) in [5.74, 6) is 1.03. The van der Waals surface area contributed by atoms with Crippen LogP contribution in [-0.4, -0.2) is 14.9 Å². The molecule has 0 N–H and O–H groups in total. The Labute approximate surface area is 124 Å². The van der Waals surface area contributed by atoms with Crippen LogP contribution in [0.4, 0.5) is 5.69 Å². The van der Waals surface area contributed by atoms with Gasteiger partial charge in [-0.1, -0.05) is 30.1 Å². The van der Waals surface area contributed by atoms with E-state index in [9.17, 15) is 10.1 Å². The molecule has 1 heterocycles. The van der Waals surface area contributed by atoms with Gasteiger partial charge in [-0.2, -0.15) is 4.98 Å². The largest absolute Gasteiger partial charge is 0.437 e. The number of aryl methyl sites for hydroxylation is 1. The van der Waals surface area contributed by atoms with Crippen molar-refractivity contribution in [2.75, 3.05) is 0 Å². The second kappa shape index (κ2) is 6.02. The lowest BCUT2D eigenvalue weighted by atomic mass is 10.3. The molecule has 0 aliphatic carbocycles. The number of nitrogens with zero attached hydrogens (tertiary/aromatic N) is 3. The maximum atomic E-state index is 10.6. The van der Waals surface area contributed by atoms with Crippen LogP contribution in [0.15, 0.2) is 24.3 Å². The molecule has 2 rings (SSSR count). The van der Waals surface area contributed by atoms with Crippen LogP contribution in [0, 0.1) is 10.1 Å². The summed E-state index contributed by atoms with van der Waals surface area (Å²) in [6.07, 6.45) is 0.602. The maximum Gasteiger partial charge on any atom is 0.271 e. The van der Waals surface area contributed by atoms with Crippen LogP contribution in [0.1, 0.15) is 12.7 Å². The molecule has 0 spiro atoms. The van der Waals surface area contributed by atoms with E-state index in [0.29, 0.717) is 12.2 Å². The third-order valence-corrected chi connectivity index (χ3v) is 2.86. The summed E-state index contributed by atoms with van der Waals surface area (Å²) in [4.78, 5) is 18.2. The van der Waals surface area contributed by atoms with Gasteiger partial charge in [0.05, 0.1) is 9.95 Å². The van der Waals surface area contributed by atoms with Crippen LogP contribution < -0.4 is 4.74 Å². The Balaban J connectivity index is 2.30. The minimum Gasteiger partial charge on any atom is -0.437 e. The predicted octanol–water partition coefficient (Wildman–Crippen LogP) is 4.05. The SMILES string of the molecule is CCc1nc(Cl)cc(Oc2ccc([N+](=O)[O-])cc2Cl)n1. The highest BCUT2D eigenvalue weighted by atomic mass is 35.5. The third-order valence-electron chi connectivity index (χ3n) is 2.37. The number of non-ortho nitro benzene ring substituents is 1. The van der Waals surface area contributed by atoms with Gasteiger partial charge in [0.1, 0.15) is 16.7 Å². The van der Waals surface area contributed by atoms with Crippen molar-refractivity contribution in [3.8, 4) is 11.6 Å². The fourth-order valence-corrected chi connectivity index (χ4v) is 1.86. The molecule has 0 bridgehead atoms. The molecule has 0 radical (unpaired) electrons. The second-order valence-corrected chi connectivity index (χ2v) is 4.57. The molecule has 0 unspecified atom stereocenters. The van der Waals surface area contributed by atoms with Gasteiger partial charge in [-0.3, -0.25) is 10.1 Å². The number of hydrogen-bond donors (Lipinski definition) is 0. The molecular weight excluding hydrogens is 305 g/mol. The maximum absolute atomic E-state index is 10.6. The highest BCUT2D eigenvalue weighted by Gasteiger charge is 2.12. The lowest BCUT2D eigenvalue weighted by Crippen LogP contribution is -1.97. The van der Waals surface area contributed by atoms with Crippen molar-refractivity contribution in [3.63, 3.8) is 0 Å². The van der Waals surface area contributed by atoms with Crippen molar-refractivity contribution in [2.24, 2.45) is 0 Å². The van der Waals surface area contributed by atoms with Crippen molar-refractivity contribution >= 4 is 28.9 Å². The van der Waals surface area contributed by atoms with E-state index in [4.69, 9.17) is 27.9 Å². The number of nitro benzene ring substituents is 1. The average Bonchev–Trinajstić information content (AvgIpc) is 2.40. The molecule has 1 aromatic carbocycles. The highest BCUT2D eigenvalue weighted by molar-refractivity contribution is 6.32. The van der Waals surface area contributed by atoms with Gasteiger partial charge in [-0.25, -0.2) is 4.98 Å². The number of hydrogen-bond acceptors (Lipinski definition) is 5. The molecule has 2 aromatic rings. The lowest BCUT2D eigenvalue weighted by molar-refractivity contribution is -0.384. The number of aromatic nitrogens is 2. The standard InChI is InChI=1S/C12H9Cl2N3O3/c1-2-11-15-10(14)6-12(16-11)20-9-4-3-7(17(18)19)5-8(9)13/h3-6H,2H2,1H3. The predicted molar refractivity (Wildman–Crippen MR) is 74.6 cm³/mol. The Kier molecular flexibility index (Phi) is 4.36. The zero-order chi connectivity index (χ0) is 14.7. The van der Waals surface area contributed by atoms with E-state index in [1.807, 2.05) is 6.92 Å². The summed E-state index contributed by atoms with van der Waals surface area (Å²) >= 11 is 11.8. The van der Waals surface area contributed by atoms with Crippen molar-refractivity contribution in [3.05, 3.63) is 50.4 Å². The first kappa shape index (κ1) is 14.5. The van der Waals surface area contributed by atoms with Crippen LogP contribution in [0.5, 0.6) is 11.6 Å². The van der Waals surface area contributed by atoms with E-state index in [-0.39, 0.29) is 27.5 Å². The number of ether oxygens (including phenoxy) is 1. The molecule has 0 saturated carbocycles. The molecule has 6 nitrogen and oxygen atoms in total. The molecular formula is C12H9Cl2N3O3. The third kappa shape index (κ3) is 3.34. The Hall–Kier alpha value is -1.92. The molecule has 0 aliphatic heterocycles. The van der Waals surface area contributed by atoms with Crippen molar-refractivity contribution in [2.45, 2.75) is 13.3 Å². The van der Waals surface area contributed by atoms with Crippen molar-refractivity contribution in [1.29, 1.82) is 0 Å². The van der Waals surface area contributed by atoms with Crippen LogP contribution in [0.2, 0.25) is 10.2 Å². The highest BCUT2D eigenvalue weighted by Crippen LogP contribution is 2.32. The smallest absolute Gasteiger partial charge is 0.271 e. The molecule has 104 valence electrons. The van der Waals surface area contributed by atoms with Gasteiger partial charge in [0.25, 0.3) is 5.69 Å². The molecule has 1 aromatic heterocycles. The van der Waals surface area contributed by atoms with Crippen LogP contribution in [0.3, 0.4) is 0 Å². The van der Waals surface area contributed by atoms with Crippen LogP contribution in [0.25, 0.3) is 0 Å². The van der Waals surface area contributed by atoms with Crippen LogP contribution in [-0.2, 0) is 6.42 Å². The van der Waals surface area contributed by atoms with E-state index in [0.717, 1.165) is 0 Å². The Morgan fingerprint density at radius 1 is 1.30 bits per heavy atom. The van der Waals surface area contributed by atoms with E-state index in [1.54, 1.807) is 0 Å².